The minimum Gasteiger partial charge on any atom is -0.501 e. The summed E-state index contributed by atoms with van der Waals surface area (Å²) in [5, 5.41) is 2.74. The van der Waals surface area contributed by atoms with Crippen molar-refractivity contribution >= 4 is 27.5 Å². The smallest absolute Gasteiger partial charge is 0.251 e. The van der Waals surface area contributed by atoms with Crippen LogP contribution in [0, 0.1) is 6.92 Å². The SMILES string of the molecule is CCOC=CC(=O)Nc1ccc(Br)c(C)c1. The molecule has 4 heteroatoms. The van der Waals surface area contributed by atoms with Gasteiger partial charge in [-0.25, -0.2) is 0 Å². The van der Waals surface area contributed by atoms with Crippen LogP contribution in [0.25, 0.3) is 0 Å². The minimum atomic E-state index is -0.199. The Morgan fingerprint density at radius 1 is 1.56 bits per heavy atom. The Labute approximate surface area is 104 Å². The number of anilines is 1. The number of rotatable bonds is 4. The summed E-state index contributed by atoms with van der Waals surface area (Å²) in [6, 6.07) is 5.64. The van der Waals surface area contributed by atoms with Crippen LogP contribution in [-0.2, 0) is 9.53 Å². The van der Waals surface area contributed by atoms with Crippen LogP contribution in [0.4, 0.5) is 5.69 Å². The van der Waals surface area contributed by atoms with Gasteiger partial charge in [-0.15, -0.1) is 0 Å². The molecule has 1 aromatic rings. The highest BCUT2D eigenvalue weighted by molar-refractivity contribution is 9.10. The lowest BCUT2D eigenvalue weighted by Crippen LogP contribution is -2.08. The van der Waals surface area contributed by atoms with Crippen molar-refractivity contribution in [2.24, 2.45) is 0 Å². The van der Waals surface area contributed by atoms with Crippen molar-refractivity contribution in [2.75, 3.05) is 11.9 Å². The van der Waals surface area contributed by atoms with Gasteiger partial charge in [-0.2, -0.15) is 0 Å². The molecule has 0 fully saturated rings. The molecule has 86 valence electrons. The van der Waals surface area contributed by atoms with Gasteiger partial charge in [-0.05, 0) is 37.6 Å². The first-order valence-electron chi connectivity index (χ1n) is 4.98. The summed E-state index contributed by atoms with van der Waals surface area (Å²) in [6.07, 6.45) is 2.75. The average Bonchev–Trinajstić information content (AvgIpc) is 2.24. The van der Waals surface area contributed by atoms with Crippen LogP contribution < -0.4 is 5.32 Å². The molecule has 1 aromatic carbocycles. The van der Waals surface area contributed by atoms with E-state index in [1.165, 1.54) is 12.3 Å². The number of aryl methyl sites for hydroxylation is 1. The number of hydrogen-bond acceptors (Lipinski definition) is 2. The zero-order valence-electron chi connectivity index (χ0n) is 9.29. The normalized spacial score (nSPS) is 10.4. The molecule has 0 aromatic heterocycles. The van der Waals surface area contributed by atoms with Crippen LogP contribution in [0.3, 0.4) is 0 Å². The van der Waals surface area contributed by atoms with Gasteiger partial charge in [0.15, 0.2) is 0 Å². The minimum absolute atomic E-state index is 0.199. The van der Waals surface area contributed by atoms with Gasteiger partial charge in [0.05, 0.1) is 12.9 Å². The van der Waals surface area contributed by atoms with Crippen molar-refractivity contribution in [1.29, 1.82) is 0 Å². The molecule has 0 saturated carbocycles. The van der Waals surface area contributed by atoms with Gasteiger partial charge in [-0.3, -0.25) is 4.79 Å². The zero-order chi connectivity index (χ0) is 12.0. The molecule has 0 aliphatic heterocycles. The van der Waals surface area contributed by atoms with Gasteiger partial charge in [0.25, 0.3) is 5.91 Å². The first kappa shape index (κ1) is 12.8. The van der Waals surface area contributed by atoms with Crippen LogP contribution >= 0.6 is 15.9 Å². The number of ether oxygens (including phenoxy) is 1. The molecule has 1 N–H and O–H groups in total. The molecule has 0 aliphatic rings. The Hall–Kier alpha value is -1.29. The van der Waals surface area contributed by atoms with E-state index < -0.39 is 0 Å². The molecule has 0 unspecified atom stereocenters. The van der Waals surface area contributed by atoms with Gasteiger partial charge >= 0.3 is 0 Å². The van der Waals surface area contributed by atoms with Crippen molar-refractivity contribution in [1.82, 2.24) is 0 Å². The van der Waals surface area contributed by atoms with E-state index in [2.05, 4.69) is 21.2 Å². The fourth-order valence-electron chi connectivity index (χ4n) is 1.11. The summed E-state index contributed by atoms with van der Waals surface area (Å²) in [5.41, 5.74) is 1.85. The van der Waals surface area contributed by atoms with Gasteiger partial charge < -0.3 is 10.1 Å². The largest absolute Gasteiger partial charge is 0.501 e. The third kappa shape index (κ3) is 4.06. The highest BCUT2D eigenvalue weighted by Gasteiger charge is 2.00. The summed E-state index contributed by atoms with van der Waals surface area (Å²) < 4.78 is 5.96. The predicted octanol–water partition coefficient (Wildman–Crippen LogP) is 3.25. The Morgan fingerprint density at radius 3 is 2.94 bits per heavy atom. The lowest BCUT2D eigenvalue weighted by atomic mass is 10.2. The van der Waals surface area contributed by atoms with Gasteiger partial charge in [0.1, 0.15) is 0 Å². The van der Waals surface area contributed by atoms with E-state index in [1.807, 2.05) is 32.0 Å². The van der Waals surface area contributed by atoms with Crippen LogP contribution in [-0.4, -0.2) is 12.5 Å². The summed E-state index contributed by atoms with van der Waals surface area (Å²) in [4.78, 5) is 11.4. The molecule has 0 spiro atoms. The summed E-state index contributed by atoms with van der Waals surface area (Å²) in [7, 11) is 0. The van der Waals surface area contributed by atoms with Gasteiger partial charge in [-0.1, -0.05) is 15.9 Å². The summed E-state index contributed by atoms with van der Waals surface area (Å²) >= 11 is 3.40. The number of benzene rings is 1. The lowest BCUT2D eigenvalue weighted by Gasteiger charge is -2.04. The van der Waals surface area contributed by atoms with E-state index >= 15 is 0 Å². The second-order valence-corrected chi connectivity index (χ2v) is 4.07. The highest BCUT2D eigenvalue weighted by Crippen LogP contribution is 2.19. The van der Waals surface area contributed by atoms with E-state index in [0.29, 0.717) is 6.61 Å². The van der Waals surface area contributed by atoms with E-state index in [0.717, 1.165) is 15.7 Å². The number of carbonyl (C=O) groups is 1. The fraction of sp³-hybridized carbons (Fsp3) is 0.250. The first-order valence-corrected chi connectivity index (χ1v) is 5.78. The maximum atomic E-state index is 11.4. The molecule has 1 rings (SSSR count). The van der Waals surface area contributed by atoms with E-state index in [9.17, 15) is 4.79 Å². The molecule has 16 heavy (non-hydrogen) atoms. The number of halogens is 1. The Bertz CT molecular complexity index is 402. The number of carbonyl (C=O) groups excluding carboxylic acids is 1. The number of amides is 1. The summed E-state index contributed by atoms with van der Waals surface area (Å²) in [6.45, 7) is 4.39. The third-order valence-electron chi connectivity index (χ3n) is 1.91. The summed E-state index contributed by atoms with van der Waals surface area (Å²) in [5.74, 6) is -0.199. The monoisotopic (exact) mass is 283 g/mol. The maximum Gasteiger partial charge on any atom is 0.251 e. The maximum absolute atomic E-state index is 11.4. The molecule has 3 nitrogen and oxygen atoms in total. The lowest BCUT2D eigenvalue weighted by molar-refractivity contribution is -0.112. The fourth-order valence-corrected chi connectivity index (χ4v) is 1.36. The molecule has 0 aliphatic carbocycles. The first-order chi connectivity index (χ1) is 7.63. The third-order valence-corrected chi connectivity index (χ3v) is 2.80. The van der Waals surface area contributed by atoms with Crippen molar-refractivity contribution in [2.45, 2.75) is 13.8 Å². The average molecular weight is 284 g/mol. The Morgan fingerprint density at radius 2 is 2.31 bits per heavy atom. The van der Waals surface area contributed by atoms with Crippen molar-refractivity contribution in [3.8, 4) is 0 Å². The van der Waals surface area contributed by atoms with Gasteiger partial charge in [0.2, 0.25) is 0 Å². The standard InChI is InChI=1S/C12H14BrNO2/c1-3-16-7-6-12(15)14-10-4-5-11(13)9(2)8-10/h4-8H,3H2,1-2H3,(H,14,15). The second kappa shape index (κ2) is 6.33. The van der Waals surface area contributed by atoms with Crippen LogP contribution in [0.2, 0.25) is 0 Å². The molecule has 0 atom stereocenters. The topological polar surface area (TPSA) is 38.3 Å². The molecule has 0 heterocycles. The second-order valence-electron chi connectivity index (χ2n) is 3.21. The number of hydrogen-bond donors (Lipinski definition) is 1. The molecule has 0 radical (unpaired) electrons. The van der Waals surface area contributed by atoms with Crippen molar-refractivity contribution < 1.29 is 9.53 Å². The predicted molar refractivity (Wildman–Crippen MR) is 68.3 cm³/mol. The Balaban J connectivity index is 2.59. The van der Waals surface area contributed by atoms with Crippen LogP contribution in [0.5, 0.6) is 0 Å². The van der Waals surface area contributed by atoms with Gasteiger partial charge in [0, 0.05) is 16.2 Å². The van der Waals surface area contributed by atoms with E-state index in [1.54, 1.807) is 0 Å². The highest BCUT2D eigenvalue weighted by atomic mass is 79.9. The van der Waals surface area contributed by atoms with Crippen molar-refractivity contribution in [3.63, 3.8) is 0 Å². The molecule has 1 amide bonds. The van der Waals surface area contributed by atoms with Crippen molar-refractivity contribution in [3.05, 3.63) is 40.6 Å². The van der Waals surface area contributed by atoms with E-state index in [4.69, 9.17) is 4.74 Å². The molecular formula is C12H14BrNO2. The van der Waals surface area contributed by atoms with Crippen LogP contribution in [0.1, 0.15) is 12.5 Å². The Kier molecular flexibility index (Phi) is 5.05. The molecular weight excluding hydrogens is 270 g/mol. The molecule has 0 bridgehead atoms. The number of nitrogens with one attached hydrogen (secondary N) is 1. The van der Waals surface area contributed by atoms with Crippen LogP contribution in [0.15, 0.2) is 35.0 Å². The quantitative estimate of drug-likeness (QED) is 0.681. The molecule has 0 saturated heterocycles. The zero-order valence-corrected chi connectivity index (χ0v) is 10.9. The van der Waals surface area contributed by atoms with E-state index in [-0.39, 0.29) is 5.91 Å².